The molecule has 1 saturated heterocycles. The van der Waals surface area contributed by atoms with E-state index < -0.39 is 0 Å². The molecule has 2 rings (SSSR count). The van der Waals surface area contributed by atoms with E-state index in [9.17, 15) is 4.79 Å². The summed E-state index contributed by atoms with van der Waals surface area (Å²) in [5.41, 5.74) is 1.38. The van der Waals surface area contributed by atoms with Crippen molar-refractivity contribution >= 4 is 5.78 Å². The second-order valence-corrected chi connectivity index (χ2v) is 4.20. The first-order valence-corrected chi connectivity index (χ1v) is 5.60. The van der Waals surface area contributed by atoms with E-state index in [4.69, 9.17) is 4.74 Å². The molecule has 1 unspecified atom stereocenters. The monoisotopic (exact) mass is 220 g/mol. The SMILES string of the molecule is CC(=O)c1cnc(C2CCCOC2)nc1C. The van der Waals surface area contributed by atoms with E-state index in [1.165, 1.54) is 6.92 Å². The lowest BCUT2D eigenvalue weighted by atomic mass is 10.0. The molecule has 1 aliphatic heterocycles. The normalized spacial score (nSPS) is 20.8. The first-order chi connectivity index (χ1) is 7.68. The number of aryl methyl sites for hydroxylation is 1. The minimum atomic E-state index is 0.0175. The first-order valence-electron chi connectivity index (χ1n) is 5.60. The van der Waals surface area contributed by atoms with Crippen LogP contribution in [0.2, 0.25) is 0 Å². The maximum Gasteiger partial charge on any atom is 0.163 e. The number of Topliss-reactive ketones (excluding diaryl/α,β-unsaturated/α-hetero) is 1. The molecule has 4 heteroatoms. The van der Waals surface area contributed by atoms with Crippen LogP contribution in [0.1, 0.15) is 47.6 Å². The van der Waals surface area contributed by atoms with Gasteiger partial charge in [-0.25, -0.2) is 9.97 Å². The molecule has 0 aliphatic carbocycles. The Labute approximate surface area is 95.1 Å². The predicted octanol–water partition coefficient (Wildman–Crippen LogP) is 1.88. The topological polar surface area (TPSA) is 52.1 Å². The number of aromatic nitrogens is 2. The van der Waals surface area contributed by atoms with Gasteiger partial charge in [-0.05, 0) is 26.7 Å². The zero-order chi connectivity index (χ0) is 11.5. The molecule has 86 valence electrons. The molecule has 1 aromatic heterocycles. The summed E-state index contributed by atoms with van der Waals surface area (Å²) in [5, 5.41) is 0. The molecule has 16 heavy (non-hydrogen) atoms. The van der Waals surface area contributed by atoms with Gasteiger partial charge in [-0.2, -0.15) is 0 Å². The number of carbonyl (C=O) groups is 1. The van der Waals surface area contributed by atoms with Gasteiger partial charge < -0.3 is 4.74 Å². The van der Waals surface area contributed by atoms with Crippen LogP contribution in [-0.2, 0) is 4.74 Å². The second-order valence-electron chi connectivity index (χ2n) is 4.20. The second kappa shape index (κ2) is 4.70. The standard InChI is InChI=1S/C12H16N2O2/c1-8-11(9(2)15)6-13-12(14-8)10-4-3-5-16-7-10/h6,10H,3-5,7H2,1-2H3. The quantitative estimate of drug-likeness (QED) is 0.714. The Morgan fingerprint density at radius 2 is 2.38 bits per heavy atom. The van der Waals surface area contributed by atoms with Crippen molar-refractivity contribution < 1.29 is 9.53 Å². The number of nitrogens with zero attached hydrogens (tertiary/aromatic N) is 2. The fourth-order valence-electron chi connectivity index (χ4n) is 1.97. The van der Waals surface area contributed by atoms with Gasteiger partial charge in [-0.1, -0.05) is 0 Å². The number of hydrogen-bond donors (Lipinski definition) is 0. The maximum absolute atomic E-state index is 11.2. The molecule has 0 aromatic carbocycles. The summed E-state index contributed by atoms with van der Waals surface area (Å²) in [6, 6.07) is 0. The molecule has 4 nitrogen and oxygen atoms in total. The molecule has 0 spiro atoms. The lowest BCUT2D eigenvalue weighted by Gasteiger charge is -2.21. The van der Waals surface area contributed by atoms with Gasteiger partial charge >= 0.3 is 0 Å². The van der Waals surface area contributed by atoms with Gasteiger partial charge in [0, 0.05) is 18.7 Å². The van der Waals surface area contributed by atoms with Crippen LogP contribution in [0, 0.1) is 6.92 Å². The van der Waals surface area contributed by atoms with Crippen LogP contribution in [0.5, 0.6) is 0 Å². The zero-order valence-corrected chi connectivity index (χ0v) is 9.69. The number of ether oxygens (including phenoxy) is 1. The Kier molecular flexibility index (Phi) is 3.29. The number of hydrogen-bond acceptors (Lipinski definition) is 4. The van der Waals surface area contributed by atoms with E-state index in [0.29, 0.717) is 12.2 Å². The number of carbonyl (C=O) groups excluding carboxylic acids is 1. The molecule has 2 heterocycles. The third-order valence-corrected chi connectivity index (χ3v) is 2.90. The van der Waals surface area contributed by atoms with Crippen LogP contribution in [-0.4, -0.2) is 29.0 Å². The van der Waals surface area contributed by atoms with Gasteiger partial charge in [-0.3, -0.25) is 4.79 Å². The molecule has 1 fully saturated rings. The lowest BCUT2D eigenvalue weighted by molar-refractivity contribution is 0.0780. The maximum atomic E-state index is 11.2. The average molecular weight is 220 g/mol. The molecule has 0 radical (unpaired) electrons. The van der Waals surface area contributed by atoms with Crippen molar-refractivity contribution in [1.29, 1.82) is 0 Å². The molecule has 0 amide bonds. The smallest absolute Gasteiger partial charge is 0.163 e. The molecule has 1 atom stereocenters. The Balaban J connectivity index is 2.23. The zero-order valence-electron chi connectivity index (χ0n) is 9.69. The Bertz CT molecular complexity index is 398. The van der Waals surface area contributed by atoms with Crippen molar-refractivity contribution in [3.8, 4) is 0 Å². The largest absolute Gasteiger partial charge is 0.381 e. The van der Waals surface area contributed by atoms with E-state index >= 15 is 0 Å². The summed E-state index contributed by atoms with van der Waals surface area (Å²) in [6.07, 6.45) is 3.76. The summed E-state index contributed by atoms with van der Waals surface area (Å²) in [5.74, 6) is 1.11. The highest BCUT2D eigenvalue weighted by atomic mass is 16.5. The summed E-state index contributed by atoms with van der Waals surface area (Å²) in [7, 11) is 0. The van der Waals surface area contributed by atoms with Crippen molar-refractivity contribution in [1.82, 2.24) is 9.97 Å². The number of ketones is 1. The highest BCUT2D eigenvalue weighted by Crippen LogP contribution is 2.22. The predicted molar refractivity (Wildman–Crippen MR) is 59.6 cm³/mol. The van der Waals surface area contributed by atoms with Gasteiger partial charge in [-0.15, -0.1) is 0 Å². The van der Waals surface area contributed by atoms with Crippen molar-refractivity contribution in [3.05, 3.63) is 23.3 Å². The van der Waals surface area contributed by atoms with E-state index in [1.807, 2.05) is 6.92 Å². The van der Waals surface area contributed by atoms with Gasteiger partial charge in [0.2, 0.25) is 0 Å². The van der Waals surface area contributed by atoms with Gasteiger partial charge in [0.15, 0.2) is 5.78 Å². The van der Waals surface area contributed by atoms with E-state index in [-0.39, 0.29) is 11.7 Å². The minimum absolute atomic E-state index is 0.0175. The first kappa shape index (κ1) is 11.2. The summed E-state index contributed by atoms with van der Waals surface area (Å²) < 4.78 is 5.41. The van der Waals surface area contributed by atoms with Crippen LogP contribution < -0.4 is 0 Å². The molecule has 0 N–H and O–H groups in total. The van der Waals surface area contributed by atoms with Crippen LogP contribution in [0.15, 0.2) is 6.20 Å². The molecule has 1 aromatic rings. The van der Waals surface area contributed by atoms with Gasteiger partial charge in [0.05, 0.1) is 17.9 Å². The van der Waals surface area contributed by atoms with E-state index in [0.717, 1.165) is 31.0 Å². The fourth-order valence-corrected chi connectivity index (χ4v) is 1.97. The van der Waals surface area contributed by atoms with E-state index in [2.05, 4.69) is 9.97 Å². The lowest BCUT2D eigenvalue weighted by Crippen LogP contribution is -2.18. The van der Waals surface area contributed by atoms with Crippen LogP contribution >= 0.6 is 0 Å². The van der Waals surface area contributed by atoms with Crippen molar-refractivity contribution in [2.75, 3.05) is 13.2 Å². The molecule has 0 saturated carbocycles. The van der Waals surface area contributed by atoms with Crippen LogP contribution in [0.3, 0.4) is 0 Å². The van der Waals surface area contributed by atoms with Crippen molar-refractivity contribution in [2.45, 2.75) is 32.6 Å². The summed E-state index contributed by atoms with van der Waals surface area (Å²) in [6.45, 7) is 4.92. The molecule has 0 bridgehead atoms. The van der Waals surface area contributed by atoms with Crippen LogP contribution in [0.4, 0.5) is 0 Å². The Morgan fingerprint density at radius 1 is 1.56 bits per heavy atom. The molecular formula is C12H16N2O2. The molecular weight excluding hydrogens is 204 g/mol. The van der Waals surface area contributed by atoms with E-state index in [1.54, 1.807) is 6.20 Å². The Morgan fingerprint density at radius 3 is 2.94 bits per heavy atom. The minimum Gasteiger partial charge on any atom is -0.381 e. The van der Waals surface area contributed by atoms with Gasteiger partial charge in [0.25, 0.3) is 0 Å². The fraction of sp³-hybridized carbons (Fsp3) is 0.583. The highest BCUT2D eigenvalue weighted by molar-refractivity contribution is 5.94. The number of rotatable bonds is 2. The van der Waals surface area contributed by atoms with Gasteiger partial charge in [0.1, 0.15) is 5.82 Å². The van der Waals surface area contributed by atoms with Crippen molar-refractivity contribution in [3.63, 3.8) is 0 Å². The third kappa shape index (κ3) is 2.27. The summed E-state index contributed by atoms with van der Waals surface area (Å²) in [4.78, 5) is 19.9. The Hall–Kier alpha value is -1.29. The molecule has 1 aliphatic rings. The summed E-state index contributed by atoms with van der Waals surface area (Å²) >= 11 is 0. The van der Waals surface area contributed by atoms with Crippen molar-refractivity contribution in [2.24, 2.45) is 0 Å². The van der Waals surface area contributed by atoms with Crippen LogP contribution in [0.25, 0.3) is 0 Å². The third-order valence-electron chi connectivity index (χ3n) is 2.90. The average Bonchev–Trinajstić information content (AvgIpc) is 2.29. The highest BCUT2D eigenvalue weighted by Gasteiger charge is 2.19.